The van der Waals surface area contributed by atoms with E-state index in [1.54, 1.807) is 0 Å². The molecule has 1 rings (SSSR count). The average Bonchev–Trinajstić information content (AvgIpc) is 2.44. The molecule has 0 aliphatic rings. The summed E-state index contributed by atoms with van der Waals surface area (Å²) in [5, 5.41) is 0. The van der Waals surface area contributed by atoms with E-state index in [1.165, 1.54) is 0 Å². The molecule has 0 heterocycles. The minimum atomic E-state index is -7.28. The summed E-state index contributed by atoms with van der Waals surface area (Å²) < 4.78 is 143. The monoisotopic (exact) mass is 390 g/mol. The van der Waals surface area contributed by atoms with Crippen molar-refractivity contribution in [3.05, 3.63) is 29.8 Å². The molecule has 0 saturated heterocycles. The van der Waals surface area contributed by atoms with Crippen LogP contribution in [-0.2, 0) is 0 Å². The van der Waals surface area contributed by atoms with Crippen LogP contribution in [0.1, 0.15) is 10.4 Å². The summed E-state index contributed by atoms with van der Waals surface area (Å²) in [6, 6.07) is 2.15. The summed E-state index contributed by atoms with van der Waals surface area (Å²) in [5.41, 5.74) is -1.73. The molecule has 142 valence electrons. The van der Waals surface area contributed by atoms with Gasteiger partial charge in [0, 0.05) is 0 Å². The van der Waals surface area contributed by atoms with Crippen molar-refractivity contribution in [1.29, 1.82) is 0 Å². The number of Topliss-reactive ketones (excluding diaryl/α,β-unsaturated/α-hetero) is 1. The van der Waals surface area contributed by atoms with E-state index in [2.05, 4.69) is 4.74 Å². The lowest BCUT2D eigenvalue weighted by Crippen LogP contribution is -2.63. The van der Waals surface area contributed by atoms with Crippen LogP contribution < -0.4 is 4.74 Å². The van der Waals surface area contributed by atoms with Crippen molar-refractivity contribution < 1.29 is 57.8 Å². The maximum atomic E-state index is 13.5. The maximum Gasteiger partial charge on any atom is 0.460 e. The van der Waals surface area contributed by atoms with E-state index >= 15 is 0 Å². The Kier molecular flexibility index (Phi) is 5.31. The Balaban J connectivity index is 3.42. The van der Waals surface area contributed by atoms with Gasteiger partial charge in [0.25, 0.3) is 0 Å². The van der Waals surface area contributed by atoms with Gasteiger partial charge in [0.2, 0.25) is 5.78 Å². The van der Waals surface area contributed by atoms with Gasteiger partial charge >= 0.3 is 30.6 Å². The van der Waals surface area contributed by atoms with Crippen LogP contribution in [-0.4, -0.2) is 36.3 Å². The van der Waals surface area contributed by atoms with Crippen LogP contribution >= 0.6 is 0 Å². The summed E-state index contributed by atoms with van der Waals surface area (Å²) >= 11 is 0. The summed E-state index contributed by atoms with van der Waals surface area (Å²) in [6.45, 7) is -3.72. The van der Waals surface area contributed by atoms with Crippen molar-refractivity contribution in [2.24, 2.45) is 0 Å². The van der Waals surface area contributed by atoms with Crippen molar-refractivity contribution in [2.45, 2.75) is 30.6 Å². The molecule has 0 unspecified atom stereocenters. The van der Waals surface area contributed by atoms with Gasteiger partial charge in [0.15, 0.2) is 0 Å². The number of halogens is 11. The van der Waals surface area contributed by atoms with Crippen LogP contribution in [0.2, 0.25) is 0 Å². The van der Waals surface area contributed by atoms with Gasteiger partial charge in [0.05, 0.1) is 5.56 Å². The number of alkyl halides is 11. The van der Waals surface area contributed by atoms with E-state index in [-0.39, 0.29) is 6.07 Å². The van der Waals surface area contributed by atoms with Gasteiger partial charge in [-0.05, 0) is 12.1 Å². The van der Waals surface area contributed by atoms with E-state index in [0.29, 0.717) is 12.1 Å². The first-order valence-corrected chi connectivity index (χ1v) is 5.86. The summed E-state index contributed by atoms with van der Waals surface area (Å²) in [5.74, 6) is -25.7. The standard InChI is InChI=1S/C12H5F11O2/c13-8(14)25-6-4-2-1-3-5(6)7(24)9(15,16)10(17,18)11(19,20)12(21,22)23/h1-4,8H. The molecule has 1 aromatic rings. The van der Waals surface area contributed by atoms with Gasteiger partial charge in [-0.25, -0.2) is 0 Å². The van der Waals surface area contributed by atoms with Crippen LogP contribution in [0.3, 0.4) is 0 Å². The molecule has 0 N–H and O–H groups in total. The predicted octanol–water partition coefficient (Wildman–Crippen LogP) is 4.94. The average molecular weight is 390 g/mol. The second-order valence-corrected chi connectivity index (χ2v) is 4.42. The fourth-order valence-electron chi connectivity index (χ4n) is 1.54. The SMILES string of the molecule is O=C(c1ccccc1OC(F)F)C(F)(F)C(F)(F)C(F)(F)C(F)(F)F. The van der Waals surface area contributed by atoms with Crippen molar-refractivity contribution >= 4 is 5.78 Å². The molecule has 13 heteroatoms. The van der Waals surface area contributed by atoms with Crippen molar-refractivity contribution in [3.8, 4) is 5.75 Å². The summed E-state index contributed by atoms with van der Waals surface area (Å²) in [6.07, 6.45) is -7.11. The molecule has 0 radical (unpaired) electrons. The second-order valence-electron chi connectivity index (χ2n) is 4.42. The molecule has 0 aliphatic heterocycles. The number of ketones is 1. The van der Waals surface area contributed by atoms with E-state index in [0.717, 1.165) is 6.07 Å². The van der Waals surface area contributed by atoms with Crippen LogP contribution in [0.4, 0.5) is 48.3 Å². The molecule has 0 amide bonds. The Morgan fingerprint density at radius 1 is 0.840 bits per heavy atom. The van der Waals surface area contributed by atoms with E-state index in [1.807, 2.05) is 0 Å². The zero-order chi connectivity index (χ0) is 19.8. The first kappa shape index (κ1) is 21.0. The Bertz CT molecular complexity index is 636. The lowest BCUT2D eigenvalue weighted by atomic mass is 9.95. The van der Waals surface area contributed by atoms with Gasteiger partial charge in [-0.15, -0.1) is 0 Å². The molecule has 0 saturated carbocycles. The molecule has 0 aliphatic carbocycles. The van der Waals surface area contributed by atoms with Gasteiger partial charge in [0.1, 0.15) is 5.75 Å². The molecule has 0 atom stereocenters. The fourth-order valence-corrected chi connectivity index (χ4v) is 1.54. The maximum absolute atomic E-state index is 13.5. The predicted molar refractivity (Wildman–Crippen MR) is 58.3 cm³/mol. The van der Waals surface area contributed by atoms with Gasteiger partial charge < -0.3 is 4.74 Å². The van der Waals surface area contributed by atoms with Crippen molar-refractivity contribution in [3.63, 3.8) is 0 Å². The molecule has 25 heavy (non-hydrogen) atoms. The van der Waals surface area contributed by atoms with Crippen LogP contribution in [0.25, 0.3) is 0 Å². The van der Waals surface area contributed by atoms with E-state index < -0.39 is 47.7 Å². The van der Waals surface area contributed by atoms with Crippen molar-refractivity contribution in [2.75, 3.05) is 0 Å². The Morgan fingerprint density at radius 2 is 1.32 bits per heavy atom. The third kappa shape index (κ3) is 3.49. The number of para-hydroxylation sites is 1. The zero-order valence-electron chi connectivity index (χ0n) is 11.4. The van der Waals surface area contributed by atoms with Crippen LogP contribution in [0.15, 0.2) is 24.3 Å². The van der Waals surface area contributed by atoms with E-state index in [4.69, 9.17) is 0 Å². The summed E-state index contributed by atoms with van der Waals surface area (Å²) in [7, 11) is 0. The first-order valence-electron chi connectivity index (χ1n) is 5.86. The number of hydrogen-bond acceptors (Lipinski definition) is 2. The molecule has 0 fully saturated rings. The number of ether oxygens (including phenoxy) is 1. The third-order valence-electron chi connectivity index (χ3n) is 2.78. The second kappa shape index (κ2) is 6.33. The number of hydrogen-bond donors (Lipinski definition) is 0. The first-order chi connectivity index (χ1) is 11.1. The number of carbonyl (C=O) groups excluding carboxylic acids is 1. The minimum absolute atomic E-state index is 0.218. The Labute approximate surface area is 131 Å². The number of carbonyl (C=O) groups is 1. The van der Waals surface area contributed by atoms with Gasteiger partial charge in [-0.2, -0.15) is 48.3 Å². The van der Waals surface area contributed by atoms with Gasteiger partial charge in [-0.1, -0.05) is 12.1 Å². The largest absolute Gasteiger partial charge is 0.460 e. The van der Waals surface area contributed by atoms with Crippen LogP contribution in [0.5, 0.6) is 5.75 Å². The molecular formula is C12H5F11O2. The highest BCUT2D eigenvalue weighted by molar-refractivity contribution is 6.04. The highest BCUT2D eigenvalue weighted by atomic mass is 19.4. The smallest absolute Gasteiger partial charge is 0.434 e. The van der Waals surface area contributed by atoms with E-state index in [9.17, 15) is 53.1 Å². The highest BCUT2D eigenvalue weighted by Crippen LogP contribution is 2.54. The molecule has 0 aromatic heterocycles. The molecule has 0 bridgehead atoms. The Hall–Kier alpha value is -2.08. The summed E-state index contributed by atoms with van der Waals surface area (Å²) in [4.78, 5) is 11.4. The quantitative estimate of drug-likeness (QED) is 0.508. The highest BCUT2D eigenvalue weighted by Gasteiger charge is 2.83. The minimum Gasteiger partial charge on any atom is -0.434 e. The Morgan fingerprint density at radius 3 is 1.76 bits per heavy atom. The molecule has 0 spiro atoms. The van der Waals surface area contributed by atoms with Gasteiger partial charge in [-0.3, -0.25) is 4.79 Å². The molecule has 2 nitrogen and oxygen atoms in total. The normalized spacial score (nSPS) is 13.9. The number of rotatable bonds is 6. The van der Waals surface area contributed by atoms with Crippen LogP contribution in [0, 0.1) is 0 Å². The lowest BCUT2D eigenvalue weighted by molar-refractivity contribution is -0.386. The fraction of sp³-hybridized carbons (Fsp3) is 0.417. The molecular weight excluding hydrogens is 385 g/mol. The third-order valence-corrected chi connectivity index (χ3v) is 2.78. The topological polar surface area (TPSA) is 26.3 Å². The molecule has 1 aromatic carbocycles. The zero-order valence-corrected chi connectivity index (χ0v) is 11.4. The lowest BCUT2D eigenvalue weighted by Gasteiger charge is -2.32. The van der Waals surface area contributed by atoms with Crippen molar-refractivity contribution in [1.82, 2.24) is 0 Å². The number of benzene rings is 1.